The molecule has 0 radical (unpaired) electrons. The second-order valence-corrected chi connectivity index (χ2v) is 9.20. The number of halogens is 1. The summed E-state index contributed by atoms with van der Waals surface area (Å²) in [5.74, 6) is -0.537. The van der Waals surface area contributed by atoms with Crippen LogP contribution in [0.2, 0.25) is 0 Å². The Morgan fingerprint density at radius 1 is 1.12 bits per heavy atom. The fourth-order valence-electron chi connectivity index (χ4n) is 4.99. The summed E-state index contributed by atoms with van der Waals surface area (Å²) in [4.78, 5) is 29.4. The number of hydrogen-bond acceptors (Lipinski definition) is 6. The minimum Gasteiger partial charge on any atom is -0.373 e. The van der Waals surface area contributed by atoms with E-state index in [1.54, 1.807) is 0 Å². The molecule has 2 N–H and O–H groups in total. The maximum Gasteiger partial charge on any atom is 0.270 e. The van der Waals surface area contributed by atoms with Crippen LogP contribution in [0.15, 0.2) is 29.4 Å². The molecule has 0 saturated carbocycles. The highest BCUT2D eigenvalue weighted by molar-refractivity contribution is 6.40. The molecule has 3 unspecified atom stereocenters. The Balaban J connectivity index is 1.35. The molecule has 0 aliphatic carbocycles. The summed E-state index contributed by atoms with van der Waals surface area (Å²) in [5.41, 5.74) is 6.42. The topological polar surface area (TPSA) is 91.5 Å². The summed E-state index contributed by atoms with van der Waals surface area (Å²) in [6, 6.07) is 4.90. The molecule has 4 rings (SSSR count). The van der Waals surface area contributed by atoms with Crippen LogP contribution in [-0.4, -0.2) is 78.3 Å². The van der Waals surface area contributed by atoms with Crippen LogP contribution in [0.3, 0.4) is 0 Å². The van der Waals surface area contributed by atoms with Crippen molar-refractivity contribution in [2.45, 2.75) is 51.4 Å². The molecular weight excluding hydrogens is 413 g/mol. The highest BCUT2D eigenvalue weighted by Crippen LogP contribution is 2.27. The predicted molar refractivity (Wildman–Crippen MR) is 120 cm³/mol. The van der Waals surface area contributed by atoms with Gasteiger partial charge in [-0.3, -0.25) is 19.5 Å². The van der Waals surface area contributed by atoms with Crippen molar-refractivity contribution in [3.8, 4) is 0 Å². The largest absolute Gasteiger partial charge is 0.373 e. The zero-order valence-electron chi connectivity index (χ0n) is 18.7. The number of hydrazone groups is 1. The van der Waals surface area contributed by atoms with E-state index < -0.39 is 11.9 Å². The SMILES string of the molecule is CC1CN(CC2CCN(C(=O)C3=NN(c4ccc(F)cc4)C(C(N)=O)C3)CC2)CC(C)O1. The average Bonchev–Trinajstić information content (AvgIpc) is 3.19. The molecule has 3 aliphatic rings. The molecule has 2 amide bonds. The van der Waals surface area contributed by atoms with Crippen LogP contribution in [0.25, 0.3) is 0 Å². The van der Waals surface area contributed by atoms with Crippen molar-refractivity contribution in [3.63, 3.8) is 0 Å². The Morgan fingerprint density at radius 3 is 2.34 bits per heavy atom. The summed E-state index contributed by atoms with van der Waals surface area (Å²) in [6.45, 7) is 8.51. The fraction of sp³-hybridized carbons (Fsp3) is 0.609. The predicted octanol–water partition coefficient (Wildman–Crippen LogP) is 1.59. The number of nitrogens with zero attached hydrogens (tertiary/aromatic N) is 4. The summed E-state index contributed by atoms with van der Waals surface area (Å²) >= 11 is 0. The quantitative estimate of drug-likeness (QED) is 0.743. The maximum absolute atomic E-state index is 13.3. The van der Waals surface area contributed by atoms with Gasteiger partial charge in [0, 0.05) is 39.1 Å². The maximum atomic E-state index is 13.3. The van der Waals surface area contributed by atoms with Crippen LogP contribution in [0.5, 0.6) is 0 Å². The first-order valence-electron chi connectivity index (χ1n) is 11.4. The molecule has 3 atom stereocenters. The third-order valence-corrected chi connectivity index (χ3v) is 6.49. The Bertz CT molecular complexity index is 859. The Kier molecular flexibility index (Phi) is 6.76. The second kappa shape index (κ2) is 9.54. The lowest BCUT2D eigenvalue weighted by atomic mass is 9.95. The van der Waals surface area contributed by atoms with Gasteiger partial charge in [0.25, 0.3) is 5.91 Å². The van der Waals surface area contributed by atoms with Crippen LogP contribution < -0.4 is 10.7 Å². The van der Waals surface area contributed by atoms with Gasteiger partial charge in [0.15, 0.2) is 0 Å². The standard InChI is InChI=1S/C23H32FN5O3/c1-15-12-27(13-16(2)32-15)14-17-7-9-28(10-8-17)23(31)20-11-21(22(25)30)29(26-20)19-5-3-18(24)4-6-19/h3-6,15-17,21H,7-14H2,1-2H3,(H2,25,30). The van der Waals surface area contributed by atoms with Crippen LogP contribution in [0.4, 0.5) is 10.1 Å². The number of benzene rings is 1. The molecule has 9 heteroatoms. The Hall–Kier alpha value is -2.52. The molecule has 0 aromatic heterocycles. The number of ether oxygens (including phenoxy) is 1. The number of nitrogens with two attached hydrogens (primary N) is 1. The number of carbonyl (C=O) groups excluding carboxylic acids is 2. The van der Waals surface area contributed by atoms with Crippen molar-refractivity contribution < 1.29 is 18.7 Å². The van der Waals surface area contributed by atoms with E-state index in [-0.39, 0.29) is 30.4 Å². The van der Waals surface area contributed by atoms with Crippen molar-refractivity contribution in [2.24, 2.45) is 16.8 Å². The van der Waals surface area contributed by atoms with Gasteiger partial charge in [-0.25, -0.2) is 4.39 Å². The van der Waals surface area contributed by atoms with Crippen molar-refractivity contribution in [3.05, 3.63) is 30.1 Å². The van der Waals surface area contributed by atoms with Crippen LogP contribution in [-0.2, 0) is 14.3 Å². The summed E-state index contributed by atoms with van der Waals surface area (Å²) in [6.07, 6.45) is 2.56. The van der Waals surface area contributed by atoms with Crippen molar-refractivity contribution in [1.29, 1.82) is 0 Å². The summed E-state index contributed by atoms with van der Waals surface area (Å²) in [5, 5.41) is 5.84. The number of hydrogen-bond donors (Lipinski definition) is 1. The van der Waals surface area contributed by atoms with Crippen LogP contribution in [0.1, 0.15) is 33.1 Å². The van der Waals surface area contributed by atoms with E-state index >= 15 is 0 Å². The monoisotopic (exact) mass is 445 g/mol. The first-order valence-corrected chi connectivity index (χ1v) is 11.4. The molecular formula is C23H32FN5O3. The van der Waals surface area contributed by atoms with Gasteiger partial charge in [-0.1, -0.05) is 0 Å². The highest BCUT2D eigenvalue weighted by Gasteiger charge is 2.37. The minimum atomic E-state index is -0.748. The van der Waals surface area contributed by atoms with E-state index in [0.717, 1.165) is 32.5 Å². The Morgan fingerprint density at radius 2 is 1.75 bits per heavy atom. The molecule has 3 aliphatic heterocycles. The lowest BCUT2D eigenvalue weighted by Gasteiger charge is -2.39. The summed E-state index contributed by atoms with van der Waals surface area (Å²) < 4.78 is 19.1. The molecule has 1 aromatic rings. The number of piperidine rings is 1. The second-order valence-electron chi connectivity index (χ2n) is 9.20. The Labute approximate surface area is 188 Å². The van der Waals surface area contributed by atoms with Gasteiger partial charge >= 0.3 is 0 Å². The normalized spacial score (nSPS) is 27.5. The molecule has 32 heavy (non-hydrogen) atoms. The van der Waals surface area contributed by atoms with Crippen molar-refractivity contribution in [2.75, 3.05) is 37.7 Å². The molecule has 1 aromatic carbocycles. The fourth-order valence-corrected chi connectivity index (χ4v) is 4.99. The zero-order valence-corrected chi connectivity index (χ0v) is 18.7. The first-order chi connectivity index (χ1) is 15.3. The molecule has 8 nitrogen and oxygen atoms in total. The van der Waals surface area contributed by atoms with E-state index in [4.69, 9.17) is 10.5 Å². The molecule has 2 saturated heterocycles. The number of amides is 2. The van der Waals surface area contributed by atoms with E-state index in [1.165, 1.54) is 29.3 Å². The van der Waals surface area contributed by atoms with Gasteiger partial charge < -0.3 is 15.4 Å². The van der Waals surface area contributed by atoms with Crippen LogP contribution >= 0.6 is 0 Å². The third-order valence-electron chi connectivity index (χ3n) is 6.49. The molecule has 174 valence electrons. The summed E-state index contributed by atoms with van der Waals surface area (Å²) in [7, 11) is 0. The van der Waals surface area contributed by atoms with Gasteiger partial charge in [-0.2, -0.15) is 5.10 Å². The number of carbonyl (C=O) groups is 2. The van der Waals surface area contributed by atoms with Gasteiger partial charge in [0.05, 0.1) is 17.9 Å². The van der Waals surface area contributed by atoms with Crippen LogP contribution in [0, 0.1) is 11.7 Å². The lowest BCUT2D eigenvalue weighted by Crippen LogP contribution is -2.49. The molecule has 0 spiro atoms. The molecule has 2 fully saturated rings. The number of morpholine rings is 1. The van der Waals surface area contributed by atoms with E-state index in [0.29, 0.717) is 30.4 Å². The number of likely N-dealkylation sites (tertiary alicyclic amines) is 1. The first kappa shape index (κ1) is 22.7. The zero-order chi connectivity index (χ0) is 22.8. The smallest absolute Gasteiger partial charge is 0.270 e. The van der Waals surface area contributed by atoms with Gasteiger partial charge in [0.1, 0.15) is 17.6 Å². The number of rotatable bonds is 5. The molecule has 0 bridgehead atoms. The number of anilines is 1. The van der Waals surface area contributed by atoms with Crippen molar-refractivity contribution >= 4 is 23.2 Å². The minimum absolute atomic E-state index is 0.145. The third kappa shape index (κ3) is 5.10. The highest BCUT2D eigenvalue weighted by atomic mass is 19.1. The van der Waals surface area contributed by atoms with E-state index in [1.807, 2.05) is 4.90 Å². The van der Waals surface area contributed by atoms with Crippen molar-refractivity contribution in [1.82, 2.24) is 9.80 Å². The van der Waals surface area contributed by atoms with Gasteiger partial charge in [0.2, 0.25) is 5.91 Å². The van der Waals surface area contributed by atoms with E-state index in [9.17, 15) is 14.0 Å². The average molecular weight is 446 g/mol. The lowest BCUT2D eigenvalue weighted by molar-refractivity contribution is -0.125. The number of primary amides is 1. The molecule has 3 heterocycles. The van der Waals surface area contributed by atoms with E-state index in [2.05, 4.69) is 23.8 Å². The van der Waals surface area contributed by atoms with Gasteiger partial charge in [-0.15, -0.1) is 0 Å². The van der Waals surface area contributed by atoms with Gasteiger partial charge in [-0.05, 0) is 56.9 Å².